The van der Waals surface area contributed by atoms with Gasteiger partial charge in [-0.05, 0) is 43.3 Å². The highest BCUT2D eigenvalue weighted by Gasteiger charge is 2.34. The van der Waals surface area contributed by atoms with Gasteiger partial charge in [0.15, 0.2) is 6.10 Å². The van der Waals surface area contributed by atoms with Gasteiger partial charge in [-0.3, -0.25) is 4.79 Å². The van der Waals surface area contributed by atoms with Crippen molar-refractivity contribution in [2.75, 3.05) is 5.32 Å². The van der Waals surface area contributed by atoms with Crippen LogP contribution in [0.1, 0.15) is 12.5 Å². The number of hydrogen-bond acceptors (Lipinski definition) is 2. The first-order chi connectivity index (χ1) is 11.6. The molecule has 2 aromatic rings. The average Bonchev–Trinajstić information content (AvgIpc) is 2.50. The first-order valence-electron chi connectivity index (χ1n) is 6.87. The van der Waals surface area contributed by atoms with Crippen molar-refractivity contribution in [1.29, 1.82) is 0 Å². The number of nitrogens with one attached hydrogen (secondary N) is 1. The van der Waals surface area contributed by atoms with Crippen molar-refractivity contribution in [1.82, 2.24) is 0 Å². The Morgan fingerprint density at radius 2 is 1.68 bits per heavy atom. The number of carbonyl (C=O) groups excluding carboxylic acids is 1. The summed E-state index contributed by atoms with van der Waals surface area (Å²) in [6.45, 7) is 1.38. The zero-order chi connectivity index (χ0) is 18.8. The van der Waals surface area contributed by atoms with E-state index in [1.165, 1.54) is 31.2 Å². The number of amides is 1. The Balaban J connectivity index is 2.16. The van der Waals surface area contributed by atoms with E-state index in [2.05, 4.69) is 5.32 Å². The fourth-order valence-corrected chi connectivity index (χ4v) is 2.53. The molecule has 0 saturated carbocycles. The molecule has 0 bridgehead atoms. The number of hydrogen-bond donors (Lipinski definition) is 1. The standard InChI is InChI=1S/C16H11Cl3F3NO2/c1-8(25-14-5-3-10(18)7-12(14)19)15(24)23-13-4-2-9(17)6-11(13)16(20,21)22/h2-8H,1H3,(H,23,24)/t8-/m1/s1. The molecule has 0 heterocycles. The van der Waals surface area contributed by atoms with Crippen molar-refractivity contribution in [2.24, 2.45) is 0 Å². The van der Waals surface area contributed by atoms with Crippen molar-refractivity contribution in [3.05, 3.63) is 57.0 Å². The van der Waals surface area contributed by atoms with Gasteiger partial charge >= 0.3 is 6.18 Å². The first kappa shape index (κ1) is 19.7. The Kier molecular flexibility index (Phi) is 6.08. The van der Waals surface area contributed by atoms with Crippen molar-refractivity contribution in [2.45, 2.75) is 19.2 Å². The van der Waals surface area contributed by atoms with Crippen LogP contribution in [0.3, 0.4) is 0 Å². The van der Waals surface area contributed by atoms with E-state index in [9.17, 15) is 18.0 Å². The van der Waals surface area contributed by atoms with Gasteiger partial charge in [0.25, 0.3) is 5.91 Å². The highest BCUT2D eigenvalue weighted by Crippen LogP contribution is 2.36. The molecular formula is C16H11Cl3F3NO2. The maximum absolute atomic E-state index is 13.0. The van der Waals surface area contributed by atoms with E-state index >= 15 is 0 Å². The van der Waals surface area contributed by atoms with Crippen LogP contribution < -0.4 is 10.1 Å². The molecule has 0 aliphatic carbocycles. The van der Waals surface area contributed by atoms with E-state index < -0.39 is 29.4 Å². The summed E-state index contributed by atoms with van der Waals surface area (Å²) in [7, 11) is 0. The van der Waals surface area contributed by atoms with Crippen molar-refractivity contribution >= 4 is 46.4 Å². The molecule has 2 aromatic carbocycles. The summed E-state index contributed by atoms with van der Waals surface area (Å²) >= 11 is 17.3. The Labute approximate surface area is 156 Å². The number of rotatable bonds is 4. The predicted molar refractivity (Wildman–Crippen MR) is 91.6 cm³/mol. The van der Waals surface area contributed by atoms with E-state index in [1.807, 2.05) is 0 Å². The molecule has 2 rings (SSSR count). The number of carbonyl (C=O) groups is 1. The average molecular weight is 413 g/mol. The summed E-state index contributed by atoms with van der Waals surface area (Å²) in [5.74, 6) is -0.597. The third kappa shape index (κ3) is 5.17. The number of anilines is 1. The van der Waals surface area contributed by atoms with Crippen LogP contribution in [-0.2, 0) is 11.0 Å². The van der Waals surface area contributed by atoms with Crippen LogP contribution in [0, 0.1) is 0 Å². The summed E-state index contributed by atoms with van der Waals surface area (Å²) in [5.41, 5.74) is -1.47. The summed E-state index contributed by atoms with van der Waals surface area (Å²) < 4.78 is 44.5. The lowest BCUT2D eigenvalue weighted by Crippen LogP contribution is -2.31. The van der Waals surface area contributed by atoms with Crippen molar-refractivity contribution < 1.29 is 22.7 Å². The number of alkyl halides is 3. The van der Waals surface area contributed by atoms with Gasteiger partial charge in [-0.15, -0.1) is 0 Å². The van der Waals surface area contributed by atoms with E-state index in [1.54, 1.807) is 0 Å². The molecule has 0 saturated heterocycles. The zero-order valence-electron chi connectivity index (χ0n) is 12.6. The molecule has 0 radical (unpaired) electrons. The van der Waals surface area contributed by atoms with Gasteiger partial charge in [0.1, 0.15) is 5.75 Å². The van der Waals surface area contributed by atoms with Gasteiger partial charge in [-0.2, -0.15) is 13.2 Å². The summed E-state index contributed by atoms with van der Waals surface area (Å²) in [6.07, 6.45) is -5.77. The van der Waals surface area contributed by atoms with Gasteiger partial charge in [-0.25, -0.2) is 0 Å². The van der Waals surface area contributed by atoms with E-state index in [4.69, 9.17) is 39.5 Å². The summed E-state index contributed by atoms with van der Waals surface area (Å²) in [5, 5.41) is 2.64. The lowest BCUT2D eigenvalue weighted by Gasteiger charge is -2.18. The Morgan fingerprint density at radius 1 is 1.08 bits per heavy atom. The van der Waals surface area contributed by atoms with Crippen molar-refractivity contribution in [3.63, 3.8) is 0 Å². The SMILES string of the molecule is C[C@@H](Oc1ccc(Cl)cc1Cl)C(=O)Nc1ccc(Cl)cc1C(F)(F)F. The minimum Gasteiger partial charge on any atom is -0.479 e. The lowest BCUT2D eigenvalue weighted by atomic mass is 10.1. The van der Waals surface area contributed by atoms with Crippen molar-refractivity contribution in [3.8, 4) is 5.75 Å². The van der Waals surface area contributed by atoms with Crippen LogP contribution >= 0.6 is 34.8 Å². The predicted octanol–water partition coefficient (Wildman–Crippen LogP) is 6.07. The molecule has 0 fully saturated rings. The second kappa shape index (κ2) is 7.72. The normalized spacial score (nSPS) is 12.6. The lowest BCUT2D eigenvalue weighted by molar-refractivity contribution is -0.137. The van der Waals surface area contributed by atoms with Gasteiger partial charge in [0.2, 0.25) is 0 Å². The van der Waals surface area contributed by atoms with Gasteiger partial charge in [0.05, 0.1) is 16.3 Å². The molecule has 0 aliphatic rings. The van der Waals surface area contributed by atoms with Crippen LogP contribution in [0.15, 0.2) is 36.4 Å². The van der Waals surface area contributed by atoms with E-state index in [-0.39, 0.29) is 15.8 Å². The quantitative estimate of drug-likeness (QED) is 0.662. The molecular weight excluding hydrogens is 402 g/mol. The van der Waals surface area contributed by atoms with E-state index in [0.29, 0.717) is 5.02 Å². The van der Waals surface area contributed by atoms with Gasteiger partial charge in [0, 0.05) is 10.0 Å². The minimum absolute atomic E-state index is 0.0948. The summed E-state index contributed by atoms with van der Waals surface area (Å²) in [6, 6.07) is 7.44. The fourth-order valence-electron chi connectivity index (χ4n) is 1.91. The van der Waals surface area contributed by atoms with Gasteiger partial charge < -0.3 is 10.1 Å². The molecule has 25 heavy (non-hydrogen) atoms. The Bertz CT molecular complexity index is 797. The van der Waals surface area contributed by atoms with E-state index in [0.717, 1.165) is 12.1 Å². The fraction of sp³-hybridized carbons (Fsp3) is 0.188. The molecule has 1 N–H and O–H groups in total. The molecule has 0 aliphatic heterocycles. The molecule has 134 valence electrons. The molecule has 1 amide bonds. The molecule has 3 nitrogen and oxygen atoms in total. The smallest absolute Gasteiger partial charge is 0.418 e. The Morgan fingerprint density at radius 3 is 2.28 bits per heavy atom. The van der Waals surface area contributed by atoms with Crippen LogP contribution in [0.5, 0.6) is 5.75 Å². The zero-order valence-corrected chi connectivity index (χ0v) is 14.9. The topological polar surface area (TPSA) is 38.3 Å². The first-order valence-corrected chi connectivity index (χ1v) is 8.00. The minimum atomic E-state index is -4.67. The maximum Gasteiger partial charge on any atom is 0.418 e. The maximum atomic E-state index is 13.0. The van der Waals surface area contributed by atoms with Crippen LogP contribution in [0.25, 0.3) is 0 Å². The third-order valence-corrected chi connectivity index (χ3v) is 3.88. The number of halogens is 6. The second-order valence-electron chi connectivity index (χ2n) is 5.01. The number of benzene rings is 2. The molecule has 0 spiro atoms. The second-order valence-corrected chi connectivity index (χ2v) is 6.29. The number of ether oxygens (including phenoxy) is 1. The largest absolute Gasteiger partial charge is 0.479 e. The van der Waals surface area contributed by atoms with Gasteiger partial charge in [-0.1, -0.05) is 34.8 Å². The molecule has 0 aromatic heterocycles. The third-order valence-electron chi connectivity index (χ3n) is 3.11. The Hall–Kier alpha value is -1.63. The monoisotopic (exact) mass is 411 g/mol. The van der Waals surface area contributed by atoms with Crippen LogP contribution in [-0.4, -0.2) is 12.0 Å². The summed E-state index contributed by atoms with van der Waals surface area (Å²) in [4.78, 5) is 12.2. The van der Waals surface area contributed by atoms with Crippen LogP contribution in [0.2, 0.25) is 15.1 Å². The molecule has 0 unspecified atom stereocenters. The molecule has 1 atom stereocenters. The van der Waals surface area contributed by atoms with Crippen LogP contribution in [0.4, 0.5) is 18.9 Å². The highest BCUT2D eigenvalue weighted by atomic mass is 35.5. The highest BCUT2D eigenvalue weighted by molar-refractivity contribution is 6.35. The molecule has 9 heteroatoms.